The molecule has 2 aliphatic rings. The highest BCUT2D eigenvalue weighted by Crippen LogP contribution is 2.48. The molecule has 1 aliphatic heterocycles. The highest BCUT2D eigenvalue weighted by molar-refractivity contribution is 6.36. The molecule has 0 radical (unpaired) electrons. The van der Waals surface area contributed by atoms with Gasteiger partial charge in [-0.1, -0.05) is 75.2 Å². The van der Waals surface area contributed by atoms with E-state index in [1.165, 1.54) is 30.5 Å². The van der Waals surface area contributed by atoms with Crippen LogP contribution >= 0.6 is 11.6 Å². The SMILES string of the molecule is CC.CC.CC(C)=C1C(=O)Nc2cc(Cl)c(-c3ccc(C4(CN)CC4)cc3)cc21.Cc1ccc(F)cc1F. The lowest BCUT2D eigenvalue weighted by Crippen LogP contribution is -2.19. The molecule has 0 atom stereocenters. The molecule has 5 rings (SSSR count). The van der Waals surface area contributed by atoms with Crippen LogP contribution in [0.25, 0.3) is 16.7 Å². The normalized spacial score (nSPS) is 14.0. The van der Waals surface area contributed by atoms with Crippen LogP contribution in [0.4, 0.5) is 14.5 Å². The van der Waals surface area contributed by atoms with Gasteiger partial charge in [-0.05, 0) is 68.5 Å². The first-order valence-electron chi connectivity index (χ1n) is 13.2. The van der Waals surface area contributed by atoms with Crippen molar-refractivity contribution in [2.24, 2.45) is 5.73 Å². The van der Waals surface area contributed by atoms with Gasteiger partial charge in [-0.15, -0.1) is 0 Å². The largest absolute Gasteiger partial charge is 0.330 e. The zero-order valence-electron chi connectivity index (χ0n) is 23.4. The number of rotatable bonds is 3. The molecule has 6 heteroatoms. The summed E-state index contributed by atoms with van der Waals surface area (Å²) in [4.78, 5) is 12.2. The fourth-order valence-corrected chi connectivity index (χ4v) is 4.51. The number of hydrogen-bond acceptors (Lipinski definition) is 2. The van der Waals surface area contributed by atoms with Gasteiger partial charge in [-0.2, -0.15) is 0 Å². The van der Waals surface area contributed by atoms with E-state index in [0.717, 1.165) is 39.6 Å². The fourth-order valence-electron chi connectivity index (χ4n) is 4.24. The van der Waals surface area contributed by atoms with Crippen molar-refractivity contribution in [1.29, 1.82) is 0 Å². The Labute approximate surface area is 231 Å². The van der Waals surface area contributed by atoms with Crippen LogP contribution in [-0.4, -0.2) is 12.5 Å². The molecular weight excluding hydrogens is 502 g/mol. The van der Waals surface area contributed by atoms with Crippen molar-refractivity contribution < 1.29 is 13.6 Å². The highest BCUT2D eigenvalue weighted by atomic mass is 35.5. The molecule has 1 amide bonds. The minimum absolute atomic E-state index is 0.0582. The van der Waals surface area contributed by atoms with Gasteiger partial charge in [-0.25, -0.2) is 8.78 Å². The molecule has 3 nitrogen and oxygen atoms in total. The van der Waals surface area contributed by atoms with Gasteiger partial charge in [0, 0.05) is 34.7 Å². The Morgan fingerprint density at radius 3 is 2.03 bits per heavy atom. The van der Waals surface area contributed by atoms with Crippen LogP contribution in [0.15, 0.2) is 60.2 Å². The van der Waals surface area contributed by atoms with E-state index in [1.807, 2.05) is 53.7 Å². The van der Waals surface area contributed by atoms with E-state index < -0.39 is 11.6 Å². The maximum atomic E-state index is 12.3. The number of carbonyl (C=O) groups is 1. The van der Waals surface area contributed by atoms with Crippen LogP contribution in [0.5, 0.6) is 0 Å². The summed E-state index contributed by atoms with van der Waals surface area (Å²) in [5, 5.41) is 3.54. The molecule has 0 unspecified atom stereocenters. The smallest absolute Gasteiger partial charge is 0.256 e. The molecule has 0 saturated heterocycles. The first kappa shape index (κ1) is 31.2. The Morgan fingerprint density at radius 2 is 1.55 bits per heavy atom. The number of carbonyl (C=O) groups excluding carboxylic acids is 1. The van der Waals surface area contributed by atoms with Crippen LogP contribution in [0.1, 0.15) is 71.1 Å². The highest BCUT2D eigenvalue weighted by Gasteiger charge is 2.42. The average molecular weight is 541 g/mol. The monoisotopic (exact) mass is 540 g/mol. The zero-order valence-corrected chi connectivity index (χ0v) is 24.2. The third-order valence-electron chi connectivity index (χ3n) is 6.54. The molecule has 1 heterocycles. The number of fused-ring (bicyclic) bond motifs is 1. The van der Waals surface area contributed by atoms with Gasteiger partial charge in [0.05, 0.1) is 10.7 Å². The van der Waals surface area contributed by atoms with Crippen LogP contribution in [0.2, 0.25) is 5.02 Å². The average Bonchev–Trinajstić information content (AvgIpc) is 3.65. The van der Waals surface area contributed by atoms with Crippen LogP contribution in [0, 0.1) is 18.6 Å². The van der Waals surface area contributed by atoms with Crippen molar-refractivity contribution in [3.63, 3.8) is 0 Å². The summed E-state index contributed by atoms with van der Waals surface area (Å²) in [6.45, 7) is 14.2. The van der Waals surface area contributed by atoms with E-state index in [0.29, 0.717) is 17.1 Å². The van der Waals surface area contributed by atoms with Gasteiger partial charge in [-0.3, -0.25) is 4.79 Å². The van der Waals surface area contributed by atoms with Gasteiger partial charge >= 0.3 is 0 Å². The molecule has 1 saturated carbocycles. The van der Waals surface area contributed by atoms with E-state index in [9.17, 15) is 13.6 Å². The van der Waals surface area contributed by atoms with Crippen molar-refractivity contribution in [3.05, 3.63) is 93.5 Å². The van der Waals surface area contributed by atoms with E-state index in [-0.39, 0.29) is 11.3 Å². The Bertz CT molecular complexity index is 1290. The van der Waals surface area contributed by atoms with Crippen molar-refractivity contribution in [2.45, 2.75) is 66.7 Å². The number of nitrogens with two attached hydrogens (primary N) is 1. The molecule has 3 N–H and O–H groups in total. The third kappa shape index (κ3) is 6.89. The van der Waals surface area contributed by atoms with E-state index in [1.54, 1.807) is 6.92 Å². The quantitative estimate of drug-likeness (QED) is 0.325. The number of aryl methyl sites for hydroxylation is 1. The number of hydrogen-bond donors (Lipinski definition) is 2. The number of nitrogens with one attached hydrogen (secondary N) is 1. The third-order valence-corrected chi connectivity index (χ3v) is 6.85. The Kier molecular flexibility index (Phi) is 11.2. The topological polar surface area (TPSA) is 55.1 Å². The Balaban J connectivity index is 0.000000328. The standard InChI is InChI=1S/C21H21ClN2O.C7H6F2.2C2H6/c1-12(2)19-16-9-15(17(22)10-18(16)24-20(19)25)13-3-5-14(6-4-13)21(11-23)7-8-21;1-5-2-3-6(8)4-7(5)9;2*1-2/h3-6,9-10H,7-8,11,23H2,1-2H3,(H,24,25);2-4H,1H3;2*1-2H3. The second-order valence-corrected chi connectivity index (χ2v) is 9.57. The zero-order chi connectivity index (χ0) is 28.6. The minimum atomic E-state index is -0.530. The molecule has 0 bridgehead atoms. The van der Waals surface area contributed by atoms with E-state index >= 15 is 0 Å². The summed E-state index contributed by atoms with van der Waals surface area (Å²) in [6, 6.07) is 15.9. The van der Waals surface area contributed by atoms with Crippen LogP contribution in [0.3, 0.4) is 0 Å². The number of benzene rings is 3. The molecule has 38 heavy (non-hydrogen) atoms. The molecule has 0 spiro atoms. The van der Waals surface area contributed by atoms with Gasteiger partial charge in [0.15, 0.2) is 0 Å². The molecule has 3 aromatic carbocycles. The predicted octanol–water partition coefficient (Wildman–Crippen LogP) is 9.07. The molecule has 1 aliphatic carbocycles. The van der Waals surface area contributed by atoms with E-state index in [4.69, 9.17) is 17.3 Å². The molecule has 0 aromatic heterocycles. The fraction of sp³-hybridized carbons (Fsp3) is 0.344. The second kappa shape index (κ2) is 13.7. The first-order valence-corrected chi connectivity index (χ1v) is 13.6. The van der Waals surface area contributed by atoms with Gasteiger partial charge in [0.1, 0.15) is 11.6 Å². The summed E-state index contributed by atoms with van der Waals surface area (Å²) >= 11 is 6.50. The van der Waals surface area contributed by atoms with Crippen molar-refractivity contribution in [3.8, 4) is 11.1 Å². The van der Waals surface area contributed by atoms with Gasteiger partial charge in [0.25, 0.3) is 5.91 Å². The molecule has 1 fully saturated rings. The molecular formula is C32H39ClF2N2O. The predicted molar refractivity (Wildman–Crippen MR) is 158 cm³/mol. The number of anilines is 1. The summed E-state index contributed by atoms with van der Waals surface area (Å²) in [5.41, 5.74) is 13.3. The summed E-state index contributed by atoms with van der Waals surface area (Å²) in [5.74, 6) is -1.08. The van der Waals surface area contributed by atoms with E-state index in [2.05, 4.69) is 29.6 Å². The molecule has 204 valence electrons. The van der Waals surface area contributed by atoms with Crippen LogP contribution in [-0.2, 0) is 10.2 Å². The lowest BCUT2D eigenvalue weighted by Gasteiger charge is -2.14. The minimum Gasteiger partial charge on any atom is -0.330 e. The number of allylic oxidation sites excluding steroid dienone is 1. The van der Waals surface area contributed by atoms with Gasteiger partial charge < -0.3 is 11.1 Å². The lowest BCUT2D eigenvalue weighted by atomic mass is 9.92. The molecule has 3 aromatic rings. The lowest BCUT2D eigenvalue weighted by molar-refractivity contribution is -0.110. The maximum Gasteiger partial charge on any atom is 0.256 e. The van der Waals surface area contributed by atoms with Crippen molar-refractivity contribution >= 4 is 28.8 Å². The summed E-state index contributed by atoms with van der Waals surface area (Å²) < 4.78 is 24.4. The summed E-state index contributed by atoms with van der Waals surface area (Å²) in [6.07, 6.45) is 2.33. The maximum absolute atomic E-state index is 12.3. The van der Waals surface area contributed by atoms with Crippen LogP contribution < -0.4 is 11.1 Å². The van der Waals surface area contributed by atoms with Crippen molar-refractivity contribution in [2.75, 3.05) is 11.9 Å². The second-order valence-electron chi connectivity index (χ2n) is 9.16. The Hall–Kier alpha value is -3.02. The Morgan fingerprint density at radius 1 is 0.947 bits per heavy atom. The first-order chi connectivity index (χ1) is 18.1. The van der Waals surface area contributed by atoms with Gasteiger partial charge in [0.2, 0.25) is 0 Å². The van der Waals surface area contributed by atoms with Crippen molar-refractivity contribution in [1.82, 2.24) is 0 Å². The number of amides is 1. The number of halogens is 3. The summed E-state index contributed by atoms with van der Waals surface area (Å²) in [7, 11) is 0.